The molecule has 0 aliphatic carbocycles. The molecule has 1 aromatic rings. The van der Waals surface area contributed by atoms with E-state index < -0.39 is 0 Å². The van der Waals surface area contributed by atoms with Crippen molar-refractivity contribution in [1.82, 2.24) is 5.32 Å². The molecule has 1 aromatic carbocycles. The van der Waals surface area contributed by atoms with Gasteiger partial charge in [0.2, 0.25) is 0 Å². The molecule has 4 heteroatoms. The Labute approximate surface area is 102 Å². The van der Waals surface area contributed by atoms with Gasteiger partial charge in [0, 0.05) is 18.7 Å². The molecule has 17 heavy (non-hydrogen) atoms. The van der Waals surface area contributed by atoms with Crippen molar-refractivity contribution in [2.75, 3.05) is 26.4 Å². The maximum atomic E-state index is 11.7. The monoisotopic (exact) mass is 237 g/mol. The molecule has 0 atom stereocenters. The fraction of sp³-hybridized carbons (Fsp3) is 0.462. The summed E-state index contributed by atoms with van der Waals surface area (Å²) < 4.78 is 5.08. The Balaban J connectivity index is 2.19. The molecule has 0 unspecified atom stereocenters. The first-order valence-corrected chi connectivity index (χ1v) is 5.77. The van der Waals surface area contributed by atoms with Crippen LogP contribution in [0.5, 0.6) is 0 Å². The first kappa shape index (κ1) is 13.7. The zero-order valence-corrected chi connectivity index (χ0v) is 10.1. The van der Waals surface area contributed by atoms with Gasteiger partial charge in [-0.25, -0.2) is 0 Å². The quantitative estimate of drug-likeness (QED) is 0.699. The summed E-state index contributed by atoms with van der Waals surface area (Å²) >= 11 is 0. The van der Waals surface area contributed by atoms with Gasteiger partial charge in [0.1, 0.15) is 0 Å². The number of hydrogen-bond acceptors (Lipinski definition) is 3. The number of nitrogens with one attached hydrogen (secondary N) is 1. The number of amides is 1. The van der Waals surface area contributed by atoms with Gasteiger partial charge in [0.25, 0.3) is 5.91 Å². The predicted molar refractivity (Wildman–Crippen MR) is 66.0 cm³/mol. The van der Waals surface area contributed by atoms with Crippen LogP contribution in [-0.2, 0) is 4.74 Å². The van der Waals surface area contributed by atoms with Crippen molar-refractivity contribution in [1.29, 1.82) is 0 Å². The van der Waals surface area contributed by atoms with E-state index in [9.17, 15) is 4.79 Å². The van der Waals surface area contributed by atoms with Crippen molar-refractivity contribution in [3.63, 3.8) is 0 Å². The van der Waals surface area contributed by atoms with Crippen LogP contribution in [0.1, 0.15) is 22.3 Å². The Bertz CT molecular complexity index is 335. The number of aliphatic hydroxyl groups is 1. The van der Waals surface area contributed by atoms with Crippen LogP contribution >= 0.6 is 0 Å². The number of ether oxygens (including phenoxy) is 1. The minimum absolute atomic E-state index is 0.0374. The highest BCUT2D eigenvalue weighted by Gasteiger charge is 2.03. The fourth-order valence-electron chi connectivity index (χ4n) is 1.35. The highest BCUT2D eigenvalue weighted by atomic mass is 16.5. The molecule has 2 N–H and O–H groups in total. The second-order valence-electron chi connectivity index (χ2n) is 3.81. The third-order valence-corrected chi connectivity index (χ3v) is 2.30. The van der Waals surface area contributed by atoms with Crippen molar-refractivity contribution in [3.05, 3.63) is 35.4 Å². The van der Waals surface area contributed by atoms with E-state index in [0.717, 1.165) is 12.0 Å². The minimum atomic E-state index is -0.0628. The van der Waals surface area contributed by atoms with Gasteiger partial charge in [0.15, 0.2) is 0 Å². The maximum Gasteiger partial charge on any atom is 0.251 e. The predicted octanol–water partition coefficient (Wildman–Crippen LogP) is 1.12. The van der Waals surface area contributed by atoms with Gasteiger partial charge >= 0.3 is 0 Å². The molecule has 94 valence electrons. The van der Waals surface area contributed by atoms with E-state index >= 15 is 0 Å². The summed E-state index contributed by atoms with van der Waals surface area (Å²) in [5, 5.41) is 11.3. The van der Waals surface area contributed by atoms with Crippen molar-refractivity contribution >= 4 is 5.91 Å². The van der Waals surface area contributed by atoms with Gasteiger partial charge in [-0.3, -0.25) is 4.79 Å². The number of carbonyl (C=O) groups excluding carboxylic acids is 1. The number of rotatable bonds is 7. The molecular formula is C13H19NO3. The Kier molecular flexibility index (Phi) is 6.29. The summed E-state index contributed by atoms with van der Waals surface area (Å²) in [5.74, 6) is -0.0628. The van der Waals surface area contributed by atoms with Crippen molar-refractivity contribution in [2.24, 2.45) is 0 Å². The summed E-state index contributed by atoms with van der Waals surface area (Å²) in [4.78, 5) is 11.7. The molecule has 0 saturated carbocycles. The van der Waals surface area contributed by atoms with Crippen molar-refractivity contribution in [2.45, 2.75) is 13.3 Å². The summed E-state index contributed by atoms with van der Waals surface area (Å²) in [5.41, 5.74) is 1.81. The Morgan fingerprint density at radius 1 is 1.29 bits per heavy atom. The zero-order valence-electron chi connectivity index (χ0n) is 10.1. The van der Waals surface area contributed by atoms with E-state index in [1.54, 1.807) is 0 Å². The molecule has 0 saturated heterocycles. The van der Waals surface area contributed by atoms with Crippen LogP contribution in [-0.4, -0.2) is 37.4 Å². The van der Waals surface area contributed by atoms with Crippen molar-refractivity contribution < 1.29 is 14.6 Å². The van der Waals surface area contributed by atoms with Crippen LogP contribution in [0.4, 0.5) is 0 Å². The number of aryl methyl sites for hydroxylation is 1. The number of benzene rings is 1. The maximum absolute atomic E-state index is 11.7. The van der Waals surface area contributed by atoms with E-state index in [1.807, 2.05) is 31.2 Å². The average molecular weight is 237 g/mol. The first-order valence-electron chi connectivity index (χ1n) is 5.77. The average Bonchev–Trinajstić information content (AvgIpc) is 2.34. The third-order valence-electron chi connectivity index (χ3n) is 2.30. The van der Waals surface area contributed by atoms with Crippen LogP contribution in [0.15, 0.2) is 24.3 Å². The number of aliphatic hydroxyl groups excluding tert-OH is 1. The smallest absolute Gasteiger partial charge is 0.251 e. The Morgan fingerprint density at radius 3 is 2.65 bits per heavy atom. The molecule has 1 amide bonds. The number of carbonyl (C=O) groups is 1. The van der Waals surface area contributed by atoms with Crippen molar-refractivity contribution in [3.8, 4) is 0 Å². The van der Waals surface area contributed by atoms with E-state index in [2.05, 4.69) is 5.32 Å². The lowest BCUT2D eigenvalue weighted by molar-refractivity contribution is 0.0867. The van der Waals surface area contributed by atoms with Gasteiger partial charge in [-0.15, -0.1) is 0 Å². The van der Waals surface area contributed by atoms with Gasteiger partial charge in [-0.1, -0.05) is 17.7 Å². The van der Waals surface area contributed by atoms with Crippen LogP contribution in [0.25, 0.3) is 0 Å². The second kappa shape index (κ2) is 7.81. The van der Waals surface area contributed by atoms with E-state index in [-0.39, 0.29) is 12.5 Å². The lowest BCUT2D eigenvalue weighted by Gasteiger charge is -2.05. The molecule has 0 aliphatic heterocycles. The normalized spacial score (nSPS) is 10.2. The molecule has 0 fully saturated rings. The first-order chi connectivity index (χ1) is 8.24. The molecule has 0 radical (unpaired) electrons. The van der Waals surface area contributed by atoms with Crippen LogP contribution in [0.3, 0.4) is 0 Å². The number of hydrogen-bond donors (Lipinski definition) is 2. The fourth-order valence-corrected chi connectivity index (χ4v) is 1.35. The molecular weight excluding hydrogens is 218 g/mol. The third kappa shape index (κ3) is 5.47. The highest BCUT2D eigenvalue weighted by Crippen LogP contribution is 2.02. The standard InChI is InChI=1S/C13H19NO3/c1-11-3-5-12(6-4-11)13(16)14-7-2-9-17-10-8-15/h3-6,15H,2,7-10H2,1H3,(H,14,16). The SMILES string of the molecule is Cc1ccc(C(=O)NCCCOCCO)cc1. The zero-order chi connectivity index (χ0) is 12.5. The Hall–Kier alpha value is -1.39. The summed E-state index contributed by atoms with van der Waals surface area (Å²) in [6.45, 7) is 3.51. The lowest BCUT2D eigenvalue weighted by atomic mass is 10.1. The minimum Gasteiger partial charge on any atom is -0.394 e. The van der Waals surface area contributed by atoms with Crippen LogP contribution in [0.2, 0.25) is 0 Å². The topological polar surface area (TPSA) is 58.6 Å². The van der Waals surface area contributed by atoms with Crippen LogP contribution in [0, 0.1) is 6.92 Å². The van der Waals surface area contributed by atoms with Crippen LogP contribution < -0.4 is 5.32 Å². The Morgan fingerprint density at radius 2 is 2.00 bits per heavy atom. The summed E-state index contributed by atoms with van der Waals surface area (Å²) in [6, 6.07) is 7.46. The highest BCUT2D eigenvalue weighted by molar-refractivity contribution is 5.94. The summed E-state index contributed by atoms with van der Waals surface area (Å²) in [7, 11) is 0. The van der Waals surface area contributed by atoms with E-state index in [0.29, 0.717) is 25.3 Å². The van der Waals surface area contributed by atoms with Gasteiger partial charge in [0.05, 0.1) is 13.2 Å². The van der Waals surface area contributed by atoms with Gasteiger partial charge in [-0.2, -0.15) is 0 Å². The summed E-state index contributed by atoms with van der Waals surface area (Å²) in [6.07, 6.45) is 0.748. The molecule has 0 aliphatic rings. The van der Waals surface area contributed by atoms with E-state index in [1.165, 1.54) is 0 Å². The van der Waals surface area contributed by atoms with Gasteiger partial charge < -0.3 is 15.2 Å². The van der Waals surface area contributed by atoms with E-state index in [4.69, 9.17) is 9.84 Å². The largest absolute Gasteiger partial charge is 0.394 e. The molecule has 0 spiro atoms. The second-order valence-corrected chi connectivity index (χ2v) is 3.81. The molecule has 0 aromatic heterocycles. The molecule has 1 rings (SSSR count). The van der Waals surface area contributed by atoms with Gasteiger partial charge in [-0.05, 0) is 25.5 Å². The lowest BCUT2D eigenvalue weighted by Crippen LogP contribution is -2.25. The molecule has 0 heterocycles. The molecule has 0 bridgehead atoms. The molecule has 4 nitrogen and oxygen atoms in total.